The van der Waals surface area contributed by atoms with Crippen LogP contribution in [-0.4, -0.2) is 19.7 Å². The predicted molar refractivity (Wildman–Crippen MR) is 64.6 cm³/mol. The molecule has 84 valence electrons. The SMILES string of the molecule is CNC(COc1ccc(Cl)cc1)C(C)C. The highest BCUT2D eigenvalue weighted by molar-refractivity contribution is 6.30. The van der Waals surface area contributed by atoms with Crippen molar-refractivity contribution >= 4 is 11.6 Å². The molecule has 1 unspecified atom stereocenters. The zero-order valence-corrected chi connectivity index (χ0v) is 10.2. The number of halogens is 1. The highest BCUT2D eigenvalue weighted by atomic mass is 35.5. The molecule has 0 heterocycles. The Labute approximate surface area is 96.6 Å². The van der Waals surface area contributed by atoms with Crippen molar-refractivity contribution in [3.63, 3.8) is 0 Å². The molecule has 0 bridgehead atoms. The summed E-state index contributed by atoms with van der Waals surface area (Å²) in [6, 6.07) is 7.81. The number of benzene rings is 1. The average molecular weight is 228 g/mol. The molecule has 0 fully saturated rings. The number of nitrogens with one attached hydrogen (secondary N) is 1. The smallest absolute Gasteiger partial charge is 0.119 e. The number of likely N-dealkylation sites (N-methyl/N-ethyl adjacent to an activating group) is 1. The highest BCUT2D eigenvalue weighted by Crippen LogP contribution is 2.16. The maximum Gasteiger partial charge on any atom is 0.119 e. The van der Waals surface area contributed by atoms with Gasteiger partial charge >= 0.3 is 0 Å². The standard InChI is InChI=1S/C12H18ClNO/c1-9(2)12(14-3)8-15-11-6-4-10(13)5-7-11/h4-7,9,12,14H,8H2,1-3H3. The Balaban J connectivity index is 2.45. The van der Waals surface area contributed by atoms with Crippen molar-refractivity contribution in [3.8, 4) is 5.75 Å². The summed E-state index contributed by atoms with van der Waals surface area (Å²) in [5, 5.41) is 3.96. The first-order chi connectivity index (χ1) is 7.13. The zero-order valence-electron chi connectivity index (χ0n) is 9.46. The monoisotopic (exact) mass is 227 g/mol. The molecule has 1 aromatic rings. The van der Waals surface area contributed by atoms with Gasteiger partial charge in [-0.25, -0.2) is 0 Å². The van der Waals surface area contributed by atoms with Crippen molar-refractivity contribution in [2.75, 3.05) is 13.7 Å². The van der Waals surface area contributed by atoms with Gasteiger partial charge in [-0.3, -0.25) is 0 Å². The normalized spacial score (nSPS) is 12.9. The lowest BCUT2D eigenvalue weighted by Gasteiger charge is -2.20. The molecule has 0 aromatic heterocycles. The van der Waals surface area contributed by atoms with E-state index in [-0.39, 0.29) is 0 Å². The van der Waals surface area contributed by atoms with E-state index in [1.807, 2.05) is 31.3 Å². The molecule has 0 aliphatic rings. The molecule has 1 rings (SSSR count). The molecule has 0 spiro atoms. The first kappa shape index (κ1) is 12.3. The van der Waals surface area contributed by atoms with Crippen LogP contribution in [0.4, 0.5) is 0 Å². The Kier molecular flexibility index (Phi) is 4.92. The summed E-state index contributed by atoms with van der Waals surface area (Å²) < 4.78 is 5.65. The van der Waals surface area contributed by atoms with Gasteiger partial charge in [0.2, 0.25) is 0 Å². The Bertz CT molecular complexity index is 284. The van der Waals surface area contributed by atoms with Crippen LogP contribution < -0.4 is 10.1 Å². The third-order valence-electron chi connectivity index (χ3n) is 2.42. The first-order valence-electron chi connectivity index (χ1n) is 5.19. The molecule has 3 heteroatoms. The Morgan fingerprint density at radius 2 is 1.87 bits per heavy atom. The topological polar surface area (TPSA) is 21.3 Å². The average Bonchev–Trinajstić information content (AvgIpc) is 2.21. The summed E-state index contributed by atoms with van der Waals surface area (Å²) in [5.74, 6) is 1.42. The molecular weight excluding hydrogens is 210 g/mol. The van der Waals surface area contributed by atoms with Crippen LogP contribution in [0.15, 0.2) is 24.3 Å². The lowest BCUT2D eigenvalue weighted by molar-refractivity contribution is 0.238. The van der Waals surface area contributed by atoms with E-state index in [0.717, 1.165) is 10.8 Å². The van der Waals surface area contributed by atoms with E-state index in [4.69, 9.17) is 16.3 Å². The van der Waals surface area contributed by atoms with Gasteiger partial charge in [0.1, 0.15) is 12.4 Å². The Hall–Kier alpha value is -0.730. The second-order valence-electron chi connectivity index (χ2n) is 3.90. The third-order valence-corrected chi connectivity index (χ3v) is 2.67. The van der Waals surface area contributed by atoms with Crippen molar-refractivity contribution < 1.29 is 4.74 Å². The summed E-state index contributed by atoms with van der Waals surface area (Å²) in [7, 11) is 1.95. The largest absolute Gasteiger partial charge is 0.492 e. The van der Waals surface area contributed by atoms with Gasteiger partial charge < -0.3 is 10.1 Å². The fourth-order valence-electron chi connectivity index (χ4n) is 1.33. The first-order valence-corrected chi connectivity index (χ1v) is 5.57. The van der Waals surface area contributed by atoms with Gasteiger partial charge in [-0.05, 0) is 37.2 Å². The van der Waals surface area contributed by atoms with Crippen LogP contribution in [0.3, 0.4) is 0 Å². The van der Waals surface area contributed by atoms with E-state index in [9.17, 15) is 0 Å². The van der Waals surface area contributed by atoms with E-state index < -0.39 is 0 Å². The van der Waals surface area contributed by atoms with Gasteiger partial charge in [-0.15, -0.1) is 0 Å². The van der Waals surface area contributed by atoms with Gasteiger partial charge in [0.15, 0.2) is 0 Å². The highest BCUT2D eigenvalue weighted by Gasteiger charge is 2.11. The van der Waals surface area contributed by atoms with Crippen molar-refractivity contribution in [1.82, 2.24) is 5.32 Å². The molecule has 0 saturated heterocycles. The molecule has 1 N–H and O–H groups in total. The molecule has 2 nitrogen and oxygen atoms in total. The molecule has 0 amide bonds. The van der Waals surface area contributed by atoms with Crippen molar-refractivity contribution in [2.45, 2.75) is 19.9 Å². The number of rotatable bonds is 5. The summed E-state index contributed by atoms with van der Waals surface area (Å²) in [6.07, 6.45) is 0. The van der Waals surface area contributed by atoms with E-state index >= 15 is 0 Å². The lowest BCUT2D eigenvalue weighted by Crippen LogP contribution is -2.36. The molecule has 1 aromatic carbocycles. The van der Waals surface area contributed by atoms with Crippen LogP contribution in [0.5, 0.6) is 5.75 Å². The number of ether oxygens (including phenoxy) is 1. The minimum atomic E-state index is 0.376. The quantitative estimate of drug-likeness (QED) is 0.835. The van der Waals surface area contributed by atoms with Gasteiger partial charge in [0.05, 0.1) is 0 Å². The molecule has 0 saturated carbocycles. The molecule has 15 heavy (non-hydrogen) atoms. The third kappa shape index (κ3) is 4.10. The maximum absolute atomic E-state index is 5.78. The molecule has 0 radical (unpaired) electrons. The van der Waals surface area contributed by atoms with Gasteiger partial charge in [0, 0.05) is 11.1 Å². The second kappa shape index (κ2) is 5.99. The summed E-state index contributed by atoms with van der Waals surface area (Å²) in [4.78, 5) is 0. The summed E-state index contributed by atoms with van der Waals surface area (Å²) in [6.45, 7) is 5.02. The van der Waals surface area contributed by atoms with Gasteiger partial charge in [-0.1, -0.05) is 25.4 Å². The van der Waals surface area contributed by atoms with E-state index in [1.165, 1.54) is 0 Å². The van der Waals surface area contributed by atoms with Crippen LogP contribution in [0, 0.1) is 5.92 Å². The fraction of sp³-hybridized carbons (Fsp3) is 0.500. The lowest BCUT2D eigenvalue weighted by atomic mass is 10.1. The van der Waals surface area contributed by atoms with E-state index in [0.29, 0.717) is 18.6 Å². The van der Waals surface area contributed by atoms with Gasteiger partial charge in [0.25, 0.3) is 0 Å². The van der Waals surface area contributed by atoms with Crippen molar-refractivity contribution in [2.24, 2.45) is 5.92 Å². The molecule has 0 aliphatic heterocycles. The van der Waals surface area contributed by atoms with Crippen molar-refractivity contribution in [3.05, 3.63) is 29.3 Å². The van der Waals surface area contributed by atoms with Crippen LogP contribution in [0.1, 0.15) is 13.8 Å². The number of hydrogen-bond donors (Lipinski definition) is 1. The summed E-state index contributed by atoms with van der Waals surface area (Å²) >= 11 is 5.78. The van der Waals surface area contributed by atoms with Gasteiger partial charge in [-0.2, -0.15) is 0 Å². The predicted octanol–water partition coefficient (Wildman–Crippen LogP) is 2.96. The van der Waals surface area contributed by atoms with Crippen molar-refractivity contribution in [1.29, 1.82) is 0 Å². The van der Waals surface area contributed by atoms with Crippen LogP contribution in [-0.2, 0) is 0 Å². The number of hydrogen-bond acceptors (Lipinski definition) is 2. The Morgan fingerprint density at radius 3 is 2.33 bits per heavy atom. The van der Waals surface area contributed by atoms with Crippen LogP contribution >= 0.6 is 11.6 Å². The van der Waals surface area contributed by atoms with Crippen LogP contribution in [0.25, 0.3) is 0 Å². The molecule has 1 atom stereocenters. The second-order valence-corrected chi connectivity index (χ2v) is 4.34. The molecule has 0 aliphatic carbocycles. The minimum absolute atomic E-state index is 0.376. The Morgan fingerprint density at radius 1 is 1.27 bits per heavy atom. The van der Waals surface area contributed by atoms with E-state index in [1.54, 1.807) is 0 Å². The fourth-order valence-corrected chi connectivity index (χ4v) is 1.45. The minimum Gasteiger partial charge on any atom is -0.492 e. The summed E-state index contributed by atoms with van der Waals surface area (Å²) in [5.41, 5.74) is 0. The zero-order chi connectivity index (χ0) is 11.3. The molecular formula is C12H18ClNO. The van der Waals surface area contributed by atoms with E-state index in [2.05, 4.69) is 19.2 Å². The maximum atomic E-state index is 5.78. The van der Waals surface area contributed by atoms with Crippen LogP contribution in [0.2, 0.25) is 5.02 Å².